The van der Waals surface area contributed by atoms with Crippen molar-refractivity contribution in [2.24, 2.45) is 0 Å². The van der Waals surface area contributed by atoms with E-state index in [1.54, 1.807) is 0 Å². The molecule has 9 aromatic rings. The molecule has 0 spiro atoms. The minimum absolute atomic E-state index is 1.03. The number of nitrogens with zero attached hydrogens (tertiary/aromatic N) is 2. The van der Waals surface area contributed by atoms with Crippen LogP contribution in [0.1, 0.15) is 0 Å². The van der Waals surface area contributed by atoms with Crippen LogP contribution in [0.25, 0.3) is 80.3 Å². The lowest BCUT2D eigenvalue weighted by atomic mass is 9.92. The largest absolute Gasteiger partial charge is 0.298 e. The summed E-state index contributed by atoms with van der Waals surface area (Å²) in [7, 11) is 0. The fourth-order valence-electron chi connectivity index (χ4n) is 6.25. The highest BCUT2D eigenvalue weighted by Crippen LogP contribution is 2.42. The van der Waals surface area contributed by atoms with E-state index in [1.165, 1.54) is 63.6 Å². The van der Waals surface area contributed by atoms with Gasteiger partial charge in [0.25, 0.3) is 0 Å². The summed E-state index contributed by atoms with van der Waals surface area (Å²) in [5.74, 6) is 0. The van der Waals surface area contributed by atoms with Crippen LogP contribution in [-0.2, 0) is 0 Å². The average Bonchev–Trinajstić information content (AvgIpc) is 3.53. The molecule has 0 aliphatic carbocycles. The zero-order chi connectivity index (χ0) is 24.8. The van der Waals surface area contributed by atoms with Crippen LogP contribution in [0.5, 0.6) is 0 Å². The summed E-state index contributed by atoms with van der Waals surface area (Å²) in [6.45, 7) is 0. The number of aromatic nitrogens is 2. The van der Waals surface area contributed by atoms with Crippen LogP contribution in [0.2, 0.25) is 0 Å². The molecule has 0 fully saturated rings. The molecule has 0 bridgehead atoms. The Hall–Kier alpha value is -4.73. The lowest BCUT2D eigenvalue weighted by Crippen LogP contribution is -1.87. The van der Waals surface area contributed by atoms with Crippen LogP contribution in [0.3, 0.4) is 0 Å². The first-order valence-corrected chi connectivity index (χ1v) is 13.7. The fraction of sp³-hybridized carbons (Fsp3) is 0. The number of hydrogen-bond acceptors (Lipinski definition) is 2. The third-order valence-electron chi connectivity index (χ3n) is 7.94. The van der Waals surface area contributed by atoms with E-state index in [-0.39, 0.29) is 0 Å². The lowest BCUT2D eigenvalue weighted by Gasteiger charge is -2.12. The van der Waals surface area contributed by atoms with Crippen molar-refractivity contribution in [3.63, 3.8) is 0 Å². The van der Waals surface area contributed by atoms with Gasteiger partial charge >= 0.3 is 0 Å². The van der Waals surface area contributed by atoms with Gasteiger partial charge in [-0.05, 0) is 73.8 Å². The second-order valence-electron chi connectivity index (χ2n) is 10.0. The quantitative estimate of drug-likeness (QED) is 0.205. The summed E-state index contributed by atoms with van der Waals surface area (Å²) in [6.07, 6.45) is 2.20. The number of hydrogen-bond donors (Lipinski definition) is 0. The minimum atomic E-state index is 1.03. The van der Waals surface area contributed by atoms with E-state index in [2.05, 4.69) is 126 Å². The summed E-state index contributed by atoms with van der Waals surface area (Å²) in [4.78, 5) is 5.22. The van der Waals surface area contributed by atoms with E-state index in [1.807, 2.05) is 11.3 Å². The third kappa shape index (κ3) is 2.69. The van der Waals surface area contributed by atoms with Gasteiger partial charge in [0, 0.05) is 21.7 Å². The highest BCUT2D eigenvalue weighted by molar-refractivity contribution is 7.26. The minimum Gasteiger partial charge on any atom is -0.298 e. The molecule has 0 atom stereocenters. The van der Waals surface area contributed by atoms with Crippen molar-refractivity contribution in [1.82, 2.24) is 9.38 Å². The SMILES string of the molecule is c1ccc(-c2c3ccccc3cc3cc4nc5c6sc7ccc8ccccc8c7c6ccn5c4cc23)cc1. The van der Waals surface area contributed by atoms with Crippen molar-refractivity contribution in [2.75, 3.05) is 0 Å². The second kappa shape index (κ2) is 7.41. The number of pyridine rings is 1. The topological polar surface area (TPSA) is 17.3 Å². The van der Waals surface area contributed by atoms with Crippen LogP contribution in [0.15, 0.2) is 121 Å². The number of rotatable bonds is 1. The molecule has 0 N–H and O–H groups in total. The maximum Gasteiger partial charge on any atom is 0.156 e. The summed E-state index contributed by atoms with van der Waals surface area (Å²) >= 11 is 1.84. The Kier molecular flexibility index (Phi) is 3.96. The number of fused-ring (bicyclic) bond motifs is 11. The molecule has 176 valence electrons. The van der Waals surface area contributed by atoms with Gasteiger partial charge in [0.1, 0.15) is 0 Å². The molecule has 9 rings (SSSR count). The summed E-state index contributed by atoms with van der Waals surface area (Å²) in [5.41, 5.74) is 5.72. The van der Waals surface area contributed by atoms with Crippen LogP contribution >= 0.6 is 11.3 Å². The predicted octanol–water partition coefficient (Wildman–Crippen LogP) is 9.98. The Morgan fingerprint density at radius 2 is 1.37 bits per heavy atom. The molecule has 0 radical (unpaired) electrons. The number of imidazole rings is 1. The Bertz CT molecular complexity index is 2390. The molecule has 0 aliphatic heterocycles. The maximum atomic E-state index is 5.22. The molecule has 38 heavy (non-hydrogen) atoms. The standard InChI is InChI=1S/C35H20N2S/c1-2-9-22(10-3-1)32-26-13-7-5-11-23(26)18-24-19-29-30(20-28(24)32)37-17-16-27-33-25-12-6-4-8-21(25)14-15-31(33)38-34(27)35(37)36-29/h1-20H. The highest BCUT2D eigenvalue weighted by Gasteiger charge is 2.17. The predicted molar refractivity (Wildman–Crippen MR) is 164 cm³/mol. The summed E-state index contributed by atoms with van der Waals surface area (Å²) < 4.78 is 4.83. The van der Waals surface area contributed by atoms with E-state index >= 15 is 0 Å². The summed E-state index contributed by atoms with van der Waals surface area (Å²) in [5, 5.41) is 10.2. The van der Waals surface area contributed by atoms with Gasteiger partial charge in [-0.15, -0.1) is 11.3 Å². The molecule has 2 nitrogen and oxygen atoms in total. The van der Waals surface area contributed by atoms with E-state index in [0.717, 1.165) is 16.7 Å². The average molecular weight is 501 g/mol. The normalized spacial score (nSPS) is 12.2. The van der Waals surface area contributed by atoms with E-state index < -0.39 is 0 Å². The van der Waals surface area contributed by atoms with Gasteiger partial charge in [0.05, 0.1) is 15.7 Å². The van der Waals surface area contributed by atoms with Crippen molar-refractivity contribution in [3.05, 3.63) is 121 Å². The Morgan fingerprint density at radius 3 is 2.26 bits per heavy atom. The van der Waals surface area contributed by atoms with E-state index in [0.29, 0.717) is 0 Å². The van der Waals surface area contributed by atoms with E-state index in [4.69, 9.17) is 4.98 Å². The number of thiophene rings is 1. The maximum absolute atomic E-state index is 5.22. The Labute approximate surface area is 222 Å². The van der Waals surface area contributed by atoms with Gasteiger partial charge in [0.2, 0.25) is 0 Å². The highest BCUT2D eigenvalue weighted by atomic mass is 32.1. The van der Waals surface area contributed by atoms with Gasteiger partial charge < -0.3 is 0 Å². The second-order valence-corrected chi connectivity index (χ2v) is 11.1. The van der Waals surface area contributed by atoms with Gasteiger partial charge in [-0.3, -0.25) is 4.40 Å². The summed E-state index contributed by atoms with van der Waals surface area (Å²) in [6, 6.07) is 41.8. The molecule has 0 saturated carbocycles. The lowest BCUT2D eigenvalue weighted by molar-refractivity contribution is 1.25. The molecule has 0 aliphatic rings. The van der Waals surface area contributed by atoms with Crippen LogP contribution < -0.4 is 0 Å². The van der Waals surface area contributed by atoms with Gasteiger partial charge in [-0.2, -0.15) is 0 Å². The first-order valence-electron chi connectivity index (χ1n) is 12.9. The van der Waals surface area contributed by atoms with Crippen molar-refractivity contribution >= 4 is 80.5 Å². The van der Waals surface area contributed by atoms with Crippen LogP contribution in [-0.4, -0.2) is 9.38 Å². The van der Waals surface area contributed by atoms with Crippen molar-refractivity contribution < 1.29 is 0 Å². The third-order valence-corrected chi connectivity index (χ3v) is 9.11. The van der Waals surface area contributed by atoms with Gasteiger partial charge in [-0.1, -0.05) is 84.9 Å². The molecule has 0 saturated heterocycles. The zero-order valence-electron chi connectivity index (χ0n) is 20.3. The van der Waals surface area contributed by atoms with Gasteiger partial charge in [-0.25, -0.2) is 4.98 Å². The molecule has 3 heterocycles. The molecule has 6 aromatic carbocycles. The first kappa shape index (κ1) is 20.3. The van der Waals surface area contributed by atoms with Crippen molar-refractivity contribution in [3.8, 4) is 11.1 Å². The molecule has 3 aromatic heterocycles. The Balaban J connectivity index is 1.43. The van der Waals surface area contributed by atoms with Crippen LogP contribution in [0.4, 0.5) is 0 Å². The monoisotopic (exact) mass is 500 g/mol. The molecule has 0 amide bonds. The Morgan fingerprint density at radius 1 is 0.579 bits per heavy atom. The smallest absolute Gasteiger partial charge is 0.156 e. The van der Waals surface area contributed by atoms with E-state index in [9.17, 15) is 0 Å². The van der Waals surface area contributed by atoms with Crippen molar-refractivity contribution in [1.29, 1.82) is 0 Å². The molecular formula is C35H20N2S. The molecule has 3 heteroatoms. The zero-order valence-corrected chi connectivity index (χ0v) is 21.2. The van der Waals surface area contributed by atoms with Crippen molar-refractivity contribution in [2.45, 2.75) is 0 Å². The fourth-order valence-corrected chi connectivity index (χ4v) is 7.44. The van der Waals surface area contributed by atoms with Crippen LogP contribution in [0, 0.1) is 0 Å². The number of benzene rings is 6. The van der Waals surface area contributed by atoms with Gasteiger partial charge in [0.15, 0.2) is 5.65 Å². The first-order chi connectivity index (χ1) is 18.8. The molecule has 0 unspecified atom stereocenters. The molecular weight excluding hydrogens is 480 g/mol.